The summed E-state index contributed by atoms with van der Waals surface area (Å²) in [6.07, 6.45) is -0.0896. The number of rotatable bonds is 7. The number of aliphatic carboxylic acids is 1. The van der Waals surface area contributed by atoms with E-state index in [4.69, 9.17) is 14.6 Å². The first-order valence-electron chi connectivity index (χ1n) is 7.26. The SMILES string of the molecule is COc1ccc(C(C)NC(=O)N(C)CCC(=O)O)c(C)c1OC. The van der Waals surface area contributed by atoms with Gasteiger partial charge in [0.2, 0.25) is 0 Å². The fraction of sp³-hybridized carbons (Fsp3) is 0.500. The zero-order valence-electron chi connectivity index (χ0n) is 14.2. The van der Waals surface area contributed by atoms with E-state index in [0.29, 0.717) is 11.5 Å². The Labute approximate surface area is 136 Å². The topological polar surface area (TPSA) is 88.1 Å². The molecule has 0 fully saturated rings. The minimum absolute atomic E-state index is 0.0896. The van der Waals surface area contributed by atoms with E-state index >= 15 is 0 Å². The molecule has 2 amide bonds. The van der Waals surface area contributed by atoms with Gasteiger partial charge in [0, 0.05) is 19.2 Å². The molecule has 1 aromatic rings. The third-order valence-corrected chi connectivity index (χ3v) is 3.65. The highest BCUT2D eigenvalue weighted by atomic mass is 16.5. The van der Waals surface area contributed by atoms with Gasteiger partial charge in [-0.1, -0.05) is 6.07 Å². The lowest BCUT2D eigenvalue weighted by molar-refractivity contribution is -0.137. The molecule has 7 heteroatoms. The predicted molar refractivity (Wildman–Crippen MR) is 86.1 cm³/mol. The van der Waals surface area contributed by atoms with Gasteiger partial charge in [-0.15, -0.1) is 0 Å². The molecule has 0 heterocycles. The highest BCUT2D eigenvalue weighted by molar-refractivity contribution is 5.75. The van der Waals surface area contributed by atoms with E-state index in [1.807, 2.05) is 19.9 Å². The van der Waals surface area contributed by atoms with Crippen LogP contribution in [0, 0.1) is 6.92 Å². The summed E-state index contributed by atoms with van der Waals surface area (Å²) in [6.45, 7) is 3.91. The summed E-state index contributed by atoms with van der Waals surface area (Å²) in [5.41, 5.74) is 1.79. The van der Waals surface area contributed by atoms with E-state index in [0.717, 1.165) is 11.1 Å². The third kappa shape index (κ3) is 4.77. The van der Waals surface area contributed by atoms with E-state index in [1.165, 1.54) is 4.90 Å². The van der Waals surface area contributed by atoms with Crippen LogP contribution >= 0.6 is 0 Å². The number of urea groups is 1. The first kappa shape index (κ1) is 18.6. The van der Waals surface area contributed by atoms with Gasteiger partial charge in [-0.3, -0.25) is 4.79 Å². The maximum atomic E-state index is 12.1. The Kier molecular flexibility index (Phi) is 6.68. The Morgan fingerprint density at radius 1 is 1.30 bits per heavy atom. The highest BCUT2D eigenvalue weighted by Crippen LogP contribution is 2.35. The monoisotopic (exact) mass is 324 g/mol. The first-order chi connectivity index (χ1) is 10.8. The van der Waals surface area contributed by atoms with Crippen LogP contribution in [0.4, 0.5) is 4.79 Å². The van der Waals surface area contributed by atoms with Crippen molar-refractivity contribution in [3.05, 3.63) is 23.3 Å². The molecule has 23 heavy (non-hydrogen) atoms. The summed E-state index contributed by atoms with van der Waals surface area (Å²) in [7, 11) is 4.70. The number of methoxy groups -OCH3 is 2. The Morgan fingerprint density at radius 2 is 1.96 bits per heavy atom. The molecule has 0 saturated heterocycles. The number of nitrogens with one attached hydrogen (secondary N) is 1. The van der Waals surface area contributed by atoms with Gasteiger partial charge in [-0.2, -0.15) is 0 Å². The van der Waals surface area contributed by atoms with Crippen molar-refractivity contribution in [2.75, 3.05) is 27.8 Å². The number of nitrogens with zero attached hydrogens (tertiary/aromatic N) is 1. The third-order valence-electron chi connectivity index (χ3n) is 3.65. The fourth-order valence-electron chi connectivity index (χ4n) is 2.30. The summed E-state index contributed by atoms with van der Waals surface area (Å²) in [5, 5.41) is 11.5. The molecule has 2 N–H and O–H groups in total. The highest BCUT2D eigenvalue weighted by Gasteiger charge is 2.19. The second kappa shape index (κ2) is 8.26. The molecule has 1 unspecified atom stereocenters. The molecule has 0 radical (unpaired) electrons. The number of carbonyl (C=O) groups excluding carboxylic acids is 1. The number of benzene rings is 1. The average molecular weight is 324 g/mol. The van der Waals surface area contributed by atoms with Gasteiger partial charge < -0.3 is 24.8 Å². The van der Waals surface area contributed by atoms with Crippen LogP contribution in [0.3, 0.4) is 0 Å². The molecule has 0 saturated carbocycles. The van der Waals surface area contributed by atoms with Gasteiger partial charge in [0.25, 0.3) is 0 Å². The number of carboxylic acids is 1. The molecule has 0 aliphatic rings. The lowest BCUT2D eigenvalue weighted by atomic mass is 10.0. The Balaban J connectivity index is 2.83. The molecule has 0 spiro atoms. The summed E-state index contributed by atoms with van der Waals surface area (Å²) in [6, 6.07) is 3.08. The lowest BCUT2D eigenvalue weighted by Gasteiger charge is -2.23. The quantitative estimate of drug-likeness (QED) is 0.802. The van der Waals surface area contributed by atoms with Crippen molar-refractivity contribution in [1.29, 1.82) is 0 Å². The van der Waals surface area contributed by atoms with Crippen molar-refractivity contribution in [3.8, 4) is 11.5 Å². The lowest BCUT2D eigenvalue weighted by Crippen LogP contribution is -2.39. The molecule has 1 aromatic carbocycles. The minimum atomic E-state index is -0.937. The van der Waals surface area contributed by atoms with Crippen molar-refractivity contribution in [1.82, 2.24) is 10.2 Å². The van der Waals surface area contributed by atoms with Crippen LogP contribution in [-0.4, -0.2) is 49.8 Å². The molecule has 0 aliphatic heterocycles. The van der Waals surface area contributed by atoms with Crippen molar-refractivity contribution < 1.29 is 24.2 Å². The Morgan fingerprint density at radius 3 is 2.48 bits per heavy atom. The van der Waals surface area contributed by atoms with E-state index in [1.54, 1.807) is 27.3 Å². The van der Waals surface area contributed by atoms with Crippen LogP contribution in [-0.2, 0) is 4.79 Å². The van der Waals surface area contributed by atoms with Crippen molar-refractivity contribution in [2.24, 2.45) is 0 Å². The largest absolute Gasteiger partial charge is 0.493 e. The Bertz CT molecular complexity index is 574. The number of hydrogen-bond donors (Lipinski definition) is 2. The fourth-order valence-corrected chi connectivity index (χ4v) is 2.30. The van der Waals surface area contributed by atoms with Crippen LogP contribution in [0.2, 0.25) is 0 Å². The molecule has 0 aliphatic carbocycles. The van der Waals surface area contributed by atoms with Crippen LogP contribution in [0.1, 0.15) is 30.5 Å². The summed E-state index contributed by atoms with van der Waals surface area (Å²) >= 11 is 0. The van der Waals surface area contributed by atoms with Gasteiger partial charge in [0.1, 0.15) is 0 Å². The smallest absolute Gasteiger partial charge is 0.317 e. The van der Waals surface area contributed by atoms with Crippen molar-refractivity contribution in [3.63, 3.8) is 0 Å². The normalized spacial score (nSPS) is 11.5. The zero-order valence-corrected chi connectivity index (χ0v) is 14.2. The van der Waals surface area contributed by atoms with E-state index in [9.17, 15) is 9.59 Å². The molecule has 1 rings (SSSR count). The van der Waals surface area contributed by atoms with E-state index < -0.39 is 5.97 Å². The maximum Gasteiger partial charge on any atom is 0.317 e. The molecule has 7 nitrogen and oxygen atoms in total. The van der Waals surface area contributed by atoms with Gasteiger partial charge in [-0.25, -0.2) is 4.79 Å². The number of carboxylic acid groups (broad SMARTS) is 1. The minimum Gasteiger partial charge on any atom is -0.493 e. The maximum absolute atomic E-state index is 12.1. The van der Waals surface area contributed by atoms with Crippen LogP contribution in [0.5, 0.6) is 11.5 Å². The van der Waals surface area contributed by atoms with Gasteiger partial charge >= 0.3 is 12.0 Å². The van der Waals surface area contributed by atoms with Crippen molar-refractivity contribution in [2.45, 2.75) is 26.3 Å². The number of amides is 2. The zero-order chi connectivity index (χ0) is 17.6. The number of hydrogen-bond acceptors (Lipinski definition) is 4. The predicted octanol–water partition coefficient (Wildman–Crippen LogP) is 2.19. The summed E-state index contributed by atoms with van der Waals surface area (Å²) in [5.74, 6) is 0.324. The average Bonchev–Trinajstić information content (AvgIpc) is 2.51. The van der Waals surface area contributed by atoms with Gasteiger partial charge in [0.05, 0.1) is 26.7 Å². The standard InChI is InChI=1S/C16H24N2O5/c1-10-12(6-7-13(22-4)15(10)23-5)11(2)17-16(21)18(3)9-8-14(19)20/h6-7,11H,8-9H2,1-5H3,(H,17,21)(H,19,20). The Hall–Kier alpha value is -2.44. The molecule has 128 valence electrons. The van der Waals surface area contributed by atoms with Gasteiger partial charge in [-0.05, 0) is 25.5 Å². The summed E-state index contributed by atoms with van der Waals surface area (Å²) in [4.78, 5) is 24.0. The van der Waals surface area contributed by atoms with E-state index in [-0.39, 0.29) is 25.0 Å². The first-order valence-corrected chi connectivity index (χ1v) is 7.26. The molecular formula is C16H24N2O5. The summed E-state index contributed by atoms with van der Waals surface area (Å²) < 4.78 is 10.6. The molecule has 1 atom stereocenters. The second-order valence-electron chi connectivity index (χ2n) is 5.25. The molecule has 0 bridgehead atoms. The van der Waals surface area contributed by atoms with Crippen LogP contribution in [0.25, 0.3) is 0 Å². The number of ether oxygens (including phenoxy) is 2. The molecule has 0 aromatic heterocycles. The van der Waals surface area contributed by atoms with Crippen molar-refractivity contribution >= 4 is 12.0 Å². The molecular weight excluding hydrogens is 300 g/mol. The van der Waals surface area contributed by atoms with Crippen LogP contribution in [0.15, 0.2) is 12.1 Å². The van der Waals surface area contributed by atoms with E-state index in [2.05, 4.69) is 5.32 Å². The number of carbonyl (C=O) groups is 2. The second-order valence-corrected chi connectivity index (χ2v) is 5.25. The van der Waals surface area contributed by atoms with Crippen LogP contribution < -0.4 is 14.8 Å². The van der Waals surface area contributed by atoms with Gasteiger partial charge in [0.15, 0.2) is 11.5 Å².